The van der Waals surface area contributed by atoms with Crippen LogP contribution in [0.4, 0.5) is 20.6 Å². The Morgan fingerprint density at radius 3 is 2.68 bits per heavy atom. The van der Waals surface area contributed by atoms with Crippen molar-refractivity contribution in [1.82, 2.24) is 14.6 Å². The lowest BCUT2D eigenvalue weighted by Crippen LogP contribution is -2.06. The summed E-state index contributed by atoms with van der Waals surface area (Å²) in [5.74, 6) is -0.441. The molecule has 0 bridgehead atoms. The van der Waals surface area contributed by atoms with E-state index in [2.05, 4.69) is 15.4 Å². The summed E-state index contributed by atoms with van der Waals surface area (Å²) in [6.45, 7) is 0. The van der Waals surface area contributed by atoms with E-state index in [1.165, 1.54) is 24.5 Å². The highest BCUT2D eigenvalue weighted by Gasteiger charge is 2.15. The summed E-state index contributed by atoms with van der Waals surface area (Å²) in [6, 6.07) is 12.7. The van der Waals surface area contributed by atoms with Gasteiger partial charge in [0.1, 0.15) is 11.8 Å². The normalized spacial score (nSPS) is 10.8. The first kappa shape index (κ1) is 17.3. The number of anilines is 2. The van der Waals surface area contributed by atoms with Crippen LogP contribution in [-0.4, -0.2) is 25.8 Å². The van der Waals surface area contributed by atoms with Gasteiger partial charge in [-0.3, -0.25) is 5.32 Å². The minimum Gasteiger partial charge on any atom is -0.465 e. The molecule has 28 heavy (non-hydrogen) atoms. The topological polar surface area (TPSA) is 115 Å². The second-order valence-corrected chi connectivity index (χ2v) is 5.89. The van der Waals surface area contributed by atoms with Crippen LogP contribution in [0.25, 0.3) is 16.6 Å². The number of hydrogen-bond acceptors (Lipinski definition) is 5. The summed E-state index contributed by atoms with van der Waals surface area (Å²) in [6.07, 6.45) is 1.89. The summed E-state index contributed by atoms with van der Waals surface area (Å²) >= 11 is 0. The zero-order valence-corrected chi connectivity index (χ0v) is 14.3. The van der Waals surface area contributed by atoms with Crippen molar-refractivity contribution in [1.29, 1.82) is 0 Å². The number of nitrogens with one attached hydrogen (secondary N) is 1. The van der Waals surface area contributed by atoms with Crippen molar-refractivity contribution in [2.75, 3.05) is 11.1 Å². The smallest absolute Gasteiger partial charge is 0.409 e. The molecular formula is C19H14FN5O3. The quantitative estimate of drug-likeness (QED) is 0.462. The van der Waals surface area contributed by atoms with Gasteiger partial charge in [-0.05, 0) is 35.9 Å². The van der Waals surface area contributed by atoms with Crippen molar-refractivity contribution in [2.45, 2.75) is 0 Å². The number of halogens is 1. The van der Waals surface area contributed by atoms with E-state index in [9.17, 15) is 9.18 Å². The van der Waals surface area contributed by atoms with Gasteiger partial charge in [-0.15, -0.1) is 0 Å². The van der Waals surface area contributed by atoms with Gasteiger partial charge >= 0.3 is 6.09 Å². The molecule has 9 heteroatoms. The van der Waals surface area contributed by atoms with Gasteiger partial charge < -0.3 is 15.6 Å². The van der Waals surface area contributed by atoms with Gasteiger partial charge in [0, 0.05) is 29.2 Å². The van der Waals surface area contributed by atoms with Crippen molar-refractivity contribution >= 4 is 23.0 Å². The summed E-state index contributed by atoms with van der Waals surface area (Å²) in [4.78, 5) is 14.9. The molecule has 8 nitrogen and oxygen atoms in total. The number of amides is 1. The van der Waals surface area contributed by atoms with Crippen LogP contribution in [0.15, 0.2) is 61.1 Å². The third-order valence-electron chi connectivity index (χ3n) is 4.03. The SMILES string of the molecule is Nc1ccc(Oc2ncnn3ccc(-c4ccc(NC(=O)O)cc4)c23)c(F)c1. The predicted molar refractivity (Wildman–Crippen MR) is 101 cm³/mol. The van der Waals surface area contributed by atoms with Gasteiger partial charge in [-0.1, -0.05) is 12.1 Å². The molecule has 0 saturated carbocycles. The number of aromatic nitrogens is 3. The largest absolute Gasteiger partial charge is 0.465 e. The fraction of sp³-hybridized carbons (Fsp3) is 0. The number of rotatable bonds is 4. The molecule has 0 aliphatic rings. The number of hydrogen-bond donors (Lipinski definition) is 3. The third kappa shape index (κ3) is 3.28. The highest BCUT2D eigenvalue weighted by Crippen LogP contribution is 2.34. The van der Waals surface area contributed by atoms with Crippen LogP contribution in [0.5, 0.6) is 11.6 Å². The molecule has 0 aliphatic carbocycles. The lowest BCUT2D eigenvalue weighted by molar-refractivity contribution is 0.209. The van der Waals surface area contributed by atoms with Crippen LogP contribution in [0, 0.1) is 5.82 Å². The number of nitrogens with zero attached hydrogens (tertiary/aromatic N) is 3. The van der Waals surface area contributed by atoms with Crippen LogP contribution < -0.4 is 15.8 Å². The number of nitrogens with two attached hydrogens (primary N) is 1. The molecule has 140 valence electrons. The minimum atomic E-state index is -1.14. The Morgan fingerprint density at radius 2 is 1.96 bits per heavy atom. The Balaban J connectivity index is 1.75. The maximum absolute atomic E-state index is 14.1. The number of carbonyl (C=O) groups is 1. The van der Waals surface area contributed by atoms with E-state index >= 15 is 0 Å². The van der Waals surface area contributed by atoms with Gasteiger partial charge in [-0.2, -0.15) is 10.1 Å². The van der Waals surface area contributed by atoms with Crippen LogP contribution in [0.2, 0.25) is 0 Å². The van der Waals surface area contributed by atoms with Crippen molar-refractivity contribution in [3.8, 4) is 22.8 Å². The second-order valence-electron chi connectivity index (χ2n) is 5.89. The third-order valence-corrected chi connectivity index (χ3v) is 4.03. The van der Waals surface area contributed by atoms with Gasteiger partial charge in [-0.25, -0.2) is 13.7 Å². The van der Waals surface area contributed by atoms with Crippen LogP contribution in [0.1, 0.15) is 0 Å². The number of nitrogen functional groups attached to an aromatic ring is 1. The predicted octanol–water partition coefficient (Wildman–Crippen LogP) is 4.00. The Kier molecular flexibility index (Phi) is 4.24. The molecule has 0 atom stereocenters. The number of fused-ring (bicyclic) bond motifs is 1. The fourth-order valence-corrected chi connectivity index (χ4v) is 2.79. The molecule has 0 saturated heterocycles. The average molecular weight is 379 g/mol. The van der Waals surface area contributed by atoms with Crippen molar-refractivity contribution in [3.63, 3.8) is 0 Å². The number of benzene rings is 2. The summed E-state index contributed by atoms with van der Waals surface area (Å²) in [5, 5.41) is 15.2. The molecule has 1 amide bonds. The van der Waals surface area contributed by atoms with Gasteiger partial charge in [0.15, 0.2) is 11.6 Å². The molecule has 2 aromatic carbocycles. The Hall–Kier alpha value is -4.14. The molecule has 0 unspecified atom stereocenters. The zero-order chi connectivity index (χ0) is 19.7. The first-order chi connectivity index (χ1) is 13.5. The lowest BCUT2D eigenvalue weighted by Gasteiger charge is -2.09. The van der Waals surface area contributed by atoms with Gasteiger partial charge in [0.2, 0.25) is 5.88 Å². The zero-order valence-electron chi connectivity index (χ0n) is 14.3. The Labute approximate surface area is 158 Å². The van der Waals surface area contributed by atoms with Gasteiger partial charge in [0.25, 0.3) is 0 Å². The summed E-state index contributed by atoms with van der Waals surface area (Å²) in [7, 11) is 0. The molecule has 2 aromatic heterocycles. The fourth-order valence-electron chi connectivity index (χ4n) is 2.79. The monoisotopic (exact) mass is 379 g/mol. The standard InChI is InChI=1S/C19H14FN5O3/c20-15-9-12(21)3-6-16(15)28-18-17-14(7-8-25(17)23-10-22-18)11-1-4-13(5-2-11)24-19(26)27/h1-10,24H,21H2,(H,26,27). The molecule has 0 radical (unpaired) electrons. The molecule has 0 fully saturated rings. The lowest BCUT2D eigenvalue weighted by atomic mass is 10.1. The van der Waals surface area contributed by atoms with Crippen LogP contribution >= 0.6 is 0 Å². The summed E-state index contributed by atoms with van der Waals surface area (Å²) < 4.78 is 21.4. The number of carboxylic acid groups (broad SMARTS) is 1. The first-order valence-corrected chi connectivity index (χ1v) is 8.17. The number of ether oxygens (including phenoxy) is 1. The van der Waals surface area contributed by atoms with E-state index < -0.39 is 11.9 Å². The highest BCUT2D eigenvalue weighted by molar-refractivity contribution is 5.87. The minimum absolute atomic E-state index is 0.0112. The van der Waals surface area contributed by atoms with E-state index in [1.54, 1.807) is 35.0 Å². The van der Waals surface area contributed by atoms with E-state index in [-0.39, 0.29) is 17.3 Å². The molecule has 0 spiro atoms. The highest BCUT2D eigenvalue weighted by atomic mass is 19.1. The summed E-state index contributed by atoms with van der Waals surface area (Å²) in [5.41, 5.74) is 8.37. The van der Waals surface area contributed by atoms with E-state index in [0.717, 1.165) is 11.1 Å². The van der Waals surface area contributed by atoms with E-state index in [4.69, 9.17) is 15.6 Å². The molecular weight excluding hydrogens is 365 g/mol. The van der Waals surface area contributed by atoms with E-state index in [0.29, 0.717) is 11.2 Å². The molecule has 4 aromatic rings. The van der Waals surface area contributed by atoms with E-state index in [1.807, 2.05) is 6.07 Å². The van der Waals surface area contributed by atoms with Crippen molar-refractivity contribution < 1.29 is 19.0 Å². The average Bonchev–Trinajstić information content (AvgIpc) is 3.09. The van der Waals surface area contributed by atoms with Crippen molar-refractivity contribution in [3.05, 3.63) is 66.9 Å². The first-order valence-electron chi connectivity index (χ1n) is 8.17. The van der Waals surface area contributed by atoms with Crippen LogP contribution in [-0.2, 0) is 0 Å². The molecule has 2 heterocycles. The Morgan fingerprint density at radius 1 is 1.18 bits per heavy atom. The maximum atomic E-state index is 14.1. The molecule has 0 aliphatic heterocycles. The van der Waals surface area contributed by atoms with Gasteiger partial charge in [0.05, 0.1) is 0 Å². The van der Waals surface area contributed by atoms with Crippen LogP contribution in [0.3, 0.4) is 0 Å². The maximum Gasteiger partial charge on any atom is 0.409 e. The van der Waals surface area contributed by atoms with Crippen molar-refractivity contribution in [2.24, 2.45) is 0 Å². The second kappa shape index (κ2) is 6.88. The molecule has 4 N–H and O–H groups in total. The Bertz CT molecular complexity index is 1170. The molecule has 4 rings (SSSR count).